The standard InChI is InChI=1S/C13H16ClNOS/c14-15-6-4-13(5-7-15)11-10(1-8-17-11)12(2-3-12)9-16-13/h1,8H,2-7,9H2. The molecule has 4 rings (SSSR count). The first-order chi connectivity index (χ1) is 8.24. The van der Waals surface area contributed by atoms with Crippen molar-refractivity contribution in [1.29, 1.82) is 0 Å². The van der Waals surface area contributed by atoms with E-state index in [4.69, 9.17) is 16.5 Å². The Labute approximate surface area is 111 Å². The molecule has 1 aromatic rings. The minimum atomic E-state index is -0.0112. The van der Waals surface area contributed by atoms with Crippen LogP contribution in [0.5, 0.6) is 0 Å². The maximum Gasteiger partial charge on any atom is 0.105 e. The molecule has 3 heterocycles. The number of rotatable bonds is 0. The van der Waals surface area contributed by atoms with Crippen molar-refractivity contribution < 1.29 is 4.74 Å². The number of hydrogen-bond donors (Lipinski definition) is 0. The third-order valence-electron chi connectivity index (χ3n) is 4.65. The van der Waals surface area contributed by atoms with Crippen molar-refractivity contribution >= 4 is 23.1 Å². The lowest BCUT2D eigenvalue weighted by molar-refractivity contribution is -0.0981. The molecule has 1 aliphatic carbocycles. The van der Waals surface area contributed by atoms with E-state index in [2.05, 4.69) is 11.4 Å². The molecule has 2 fully saturated rings. The number of thiophene rings is 1. The summed E-state index contributed by atoms with van der Waals surface area (Å²) in [4.78, 5) is 1.51. The molecule has 1 aromatic heterocycles. The van der Waals surface area contributed by atoms with Gasteiger partial charge in [-0.2, -0.15) is 0 Å². The molecule has 0 aromatic carbocycles. The predicted molar refractivity (Wildman–Crippen MR) is 69.5 cm³/mol. The van der Waals surface area contributed by atoms with Crippen LogP contribution in [0.2, 0.25) is 0 Å². The molecule has 0 bridgehead atoms. The largest absolute Gasteiger partial charge is 0.368 e. The van der Waals surface area contributed by atoms with Crippen LogP contribution in [0.4, 0.5) is 0 Å². The average Bonchev–Trinajstić information content (AvgIpc) is 2.94. The zero-order chi connectivity index (χ0) is 11.5. The van der Waals surface area contributed by atoms with Crippen molar-refractivity contribution in [3.8, 4) is 0 Å². The average molecular weight is 270 g/mol. The Kier molecular flexibility index (Phi) is 2.21. The van der Waals surface area contributed by atoms with Crippen LogP contribution in [0.1, 0.15) is 36.1 Å². The number of hydrogen-bond acceptors (Lipinski definition) is 3. The van der Waals surface area contributed by atoms with Gasteiger partial charge in [-0.1, -0.05) is 0 Å². The fourth-order valence-corrected chi connectivity index (χ4v) is 4.67. The minimum absolute atomic E-state index is 0.0112. The molecule has 0 atom stereocenters. The monoisotopic (exact) mass is 269 g/mol. The van der Waals surface area contributed by atoms with E-state index in [1.54, 1.807) is 5.56 Å². The van der Waals surface area contributed by atoms with Crippen molar-refractivity contribution in [3.05, 3.63) is 21.9 Å². The Hall–Kier alpha value is -0.0900. The zero-order valence-electron chi connectivity index (χ0n) is 9.75. The predicted octanol–water partition coefficient (Wildman–Crippen LogP) is 3.25. The highest BCUT2D eigenvalue weighted by Crippen LogP contribution is 2.58. The summed E-state index contributed by atoms with van der Waals surface area (Å²) < 4.78 is 8.23. The third-order valence-corrected chi connectivity index (χ3v) is 6.08. The highest BCUT2D eigenvalue weighted by Gasteiger charge is 2.55. The lowest BCUT2D eigenvalue weighted by Crippen LogP contribution is -2.45. The normalized spacial score (nSPS) is 29.5. The molecule has 0 amide bonds. The first kappa shape index (κ1) is 10.8. The second-order valence-corrected chi connectivity index (χ2v) is 7.03. The third kappa shape index (κ3) is 1.46. The molecule has 2 nitrogen and oxygen atoms in total. The van der Waals surface area contributed by atoms with Crippen LogP contribution < -0.4 is 0 Å². The molecule has 4 heteroatoms. The highest BCUT2D eigenvalue weighted by molar-refractivity contribution is 7.10. The second-order valence-electron chi connectivity index (χ2n) is 5.64. The van der Waals surface area contributed by atoms with Gasteiger partial charge in [-0.3, -0.25) is 0 Å². The molecule has 1 saturated carbocycles. The summed E-state index contributed by atoms with van der Waals surface area (Å²) >= 11 is 7.96. The Bertz CT molecular complexity index is 446. The van der Waals surface area contributed by atoms with Gasteiger partial charge in [0.05, 0.1) is 6.61 Å². The van der Waals surface area contributed by atoms with Gasteiger partial charge in [-0.05, 0) is 54.5 Å². The van der Waals surface area contributed by atoms with Gasteiger partial charge in [0.15, 0.2) is 0 Å². The minimum Gasteiger partial charge on any atom is -0.368 e. The Morgan fingerprint density at radius 1 is 1.24 bits per heavy atom. The van der Waals surface area contributed by atoms with Crippen LogP contribution in [0.3, 0.4) is 0 Å². The van der Waals surface area contributed by atoms with Gasteiger partial charge in [0.2, 0.25) is 0 Å². The van der Waals surface area contributed by atoms with Gasteiger partial charge >= 0.3 is 0 Å². The van der Waals surface area contributed by atoms with Gasteiger partial charge < -0.3 is 4.74 Å². The van der Waals surface area contributed by atoms with E-state index in [9.17, 15) is 0 Å². The molecule has 2 aliphatic heterocycles. The van der Waals surface area contributed by atoms with Crippen LogP contribution >= 0.6 is 23.1 Å². The molecule has 17 heavy (non-hydrogen) atoms. The van der Waals surface area contributed by atoms with Crippen LogP contribution in [0, 0.1) is 0 Å². The summed E-state index contributed by atoms with van der Waals surface area (Å²) in [5.41, 5.74) is 1.98. The SMILES string of the molecule is ClN1CCC2(CC1)OCC1(CC1)c1ccsc12. The molecular formula is C13H16ClNOS. The highest BCUT2D eigenvalue weighted by atomic mass is 35.5. The Morgan fingerprint density at radius 3 is 2.71 bits per heavy atom. The van der Waals surface area contributed by atoms with E-state index in [-0.39, 0.29) is 5.60 Å². The van der Waals surface area contributed by atoms with Crippen LogP contribution in [0.15, 0.2) is 11.4 Å². The summed E-state index contributed by atoms with van der Waals surface area (Å²) in [6.45, 7) is 2.80. The fourth-order valence-electron chi connectivity index (χ4n) is 3.28. The molecule has 3 aliphatic rings. The number of fused-ring (bicyclic) bond motifs is 3. The molecule has 92 valence electrons. The first-order valence-electron chi connectivity index (χ1n) is 6.37. The summed E-state index contributed by atoms with van der Waals surface area (Å²) in [5.74, 6) is 0. The zero-order valence-corrected chi connectivity index (χ0v) is 11.3. The van der Waals surface area contributed by atoms with Crippen molar-refractivity contribution in [3.63, 3.8) is 0 Å². The number of ether oxygens (including phenoxy) is 1. The van der Waals surface area contributed by atoms with Crippen molar-refractivity contribution in [2.45, 2.75) is 36.7 Å². The molecule has 0 radical (unpaired) electrons. The van der Waals surface area contributed by atoms with E-state index < -0.39 is 0 Å². The van der Waals surface area contributed by atoms with Gasteiger partial charge in [0, 0.05) is 23.4 Å². The summed E-state index contributed by atoms with van der Waals surface area (Å²) in [5, 5.41) is 2.24. The molecule has 2 spiro atoms. The molecular weight excluding hydrogens is 254 g/mol. The van der Waals surface area contributed by atoms with E-state index in [1.165, 1.54) is 17.7 Å². The summed E-state index contributed by atoms with van der Waals surface area (Å²) in [7, 11) is 0. The molecule has 0 unspecified atom stereocenters. The van der Waals surface area contributed by atoms with E-state index >= 15 is 0 Å². The van der Waals surface area contributed by atoms with E-state index in [0.717, 1.165) is 32.5 Å². The smallest absolute Gasteiger partial charge is 0.105 e. The van der Waals surface area contributed by atoms with Crippen molar-refractivity contribution in [1.82, 2.24) is 4.42 Å². The summed E-state index contributed by atoms with van der Waals surface area (Å²) in [6.07, 6.45) is 4.71. The van der Waals surface area contributed by atoms with Gasteiger partial charge in [-0.25, -0.2) is 4.42 Å². The topological polar surface area (TPSA) is 12.5 Å². The quantitative estimate of drug-likeness (QED) is 0.671. The van der Waals surface area contributed by atoms with Crippen molar-refractivity contribution in [2.24, 2.45) is 0 Å². The van der Waals surface area contributed by atoms with Gasteiger partial charge in [-0.15, -0.1) is 11.3 Å². The van der Waals surface area contributed by atoms with Crippen LogP contribution in [-0.2, 0) is 15.8 Å². The Balaban J connectivity index is 1.75. The van der Waals surface area contributed by atoms with Gasteiger partial charge in [0.1, 0.15) is 5.60 Å². The van der Waals surface area contributed by atoms with E-state index in [0.29, 0.717) is 5.41 Å². The maximum atomic E-state index is 6.34. The van der Waals surface area contributed by atoms with E-state index in [1.807, 2.05) is 15.8 Å². The second kappa shape index (κ2) is 3.47. The molecule has 0 N–H and O–H groups in total. The first-order valence-corrected chi connectivity index (χ1v) is 7.59. The van der Waals surface area contributed by atoms with Gasteiger partial charge in [0.25, 0.3) is 0 Å². The van der Waals surface area contributed by atoms with Crippen LogP contribution in [0.25, 0.3) is 0 Å². The lowest BCUT2D eigenvalue weighted by atomic mass is 9.81. The lowest BCUT2D eigenvalue weighted by Gasteiger charge is -2.44. The molecule has 1 saturated heterocycles. The fraction of sp³-hybridized carbons (Fsp3) is 0.692. The number of halogens is 1. The van der Waals surface area contributed by atoms with Crippen molar-refractivity contribution in [2.75, 3.05) is 19.7 Å². The number of nitrogens with zero attached hydrogens (tertiary/aromatic N) is 1. The maximum absolute atomic E-state index is 6.34. The number of piperidine rings is 1. The van der Waals surface area contributed by atoms with Crippen LogP contribution in [-0.4, -0.2) is 24.1 Å². The summed E-state index contributed by atoms with van der Waals surface area (Å²) in [6, 6.07) is 2.34. The Morgan fingerprint density at radius 2 is 2.00 bits per heavy atom.